The minimum absolute atomic E-state index is 0. The second kappa shape index (κ2) is 9.02. The number of amidine groups is 8. The van der Waals surface area contributed by atoms with Crippen molar-refractivity contribution in [2.24, 2.45) is 51.8 Å². The second-order valence-corrected chi connectivity index (χ2v) is 10.0. The molecule has 1 radical (unpaired) electrons. The summed E-state index contributed by atoms with van der Waals surface area (Å²) in [5, 5.41) is 0. The van der Waals surface area contributed by atoms with E-state index in [1.807, 2.05) is 84.9 Å². The van der Waals surface area contributed by atoms with E-state index in [1.54, 1.807) is 0 Å². The van der Waals surface area contributed by atoms with E-state index >= 15 is 0 Å². The molecule has 9 rings (SSSR count). The van der Waals surface area contributed by atoms with Gasteiger partial charge < -0.3 is 0 Å². The molecule has 0 saturated heterocycles. The molecule has 0 spiro atoms. The second-order valence-electron chi connectivity index (χ2n) is 10.0. The Balaban J connectivity index is 0.00000256. The van der Waals surface area contributed by atoms with Crippen LogP contribution in [0.15, 0.2) is 137 Å². The van der Waals surface area contributed by atoms with Gasteiger partial charge in [-0.25, -0.2) is 39.9 Å². The van der Waals surface area contributed by atoms with Crippen LogP contribution in [-0.4, -0.2) is 46.7 Å². The normalized spacial score (nSPS) is 22.0. The maximum absolute atomic E-state index is 5.01. The molecule has 6 aliphatic rings. The molecule has 3 aromatic rings. The number of allylic oxidation sites excluding steroid dienone is 2. The van der Waals surface area contributed by atoms with Crippen molar-refractivity contribution in [1.29, 1.82) is 0 Å². The van der Waals surface area contributed by atoms with Crippen molar-refractivity contribution < 1.29 is 17.1 Å². The first-order valence-electron chi connectivity index (χ1n) is 13.1. The van der Waals surface area contributed by atoms with Gasteiger partial charge in [0.15, 0.2) is 35.0 Å². The number of nitrogens with zero attached hydrogens (tertiary/aromatic N) is 8. The Morgan fingerprint density at radius 2 is 0.634 bits per heavy atom. The van der Waals surface area contributed by atoms with Crippen molar-refractivity contribution in [2.75, 3.05) is 0 Å². The van der Waals surface area contributed by atoms with E-state index in [1.165, 1.54) is 0 Å². The van der Waals surface area contributed by atoms with Crippen LogP contribution in [0.2, 0.25) is 0 Å². The molecule has 2 atom stereocenters. The number of hydrogen-bond acceptors (Lipinski definition) is 8. The molecule has 41 heavy (non-hydrogen) atoms. The van der Waals surface area contributed by atoms with Crippen molar-refractivity contribution in [3.8, 4) is 0 Å². The summed E-state index contributed by atoms with van der Waals surface area (Å²) in [6.45, 7) is 0. The van der Waals surface area contributed by atoms with Crippen LogP contribution in [-0.2, 0) is 17.1 Å². The molecule has 8 bridgehead atoms. The zero-order valence-corrected chi connectivity index (χ0v) is 22.2. The Kier molecular flexibility index (Phi) is 5.25. The average Bonchev–Trinajstić information content (AvgIpc) is 3.73. The van der Waals surface area contributed by atoms with E-state index < -0.39 is 0 Å². The van der Waals surface area contributed by atoms with Crippen molar-refractivity contribution in [2.45, 2.75) is 0 Å². The number of rotatable bonds is 0. The summed E-state index contributed by atoms with van der Waals surface area (Å²) in [6, 6.07) is 24.0. The van der Waals surface area contributed by atoms with E-state index in [-0.39, 0.29) is 28.9 Å². The van der Waals surface area contributed by atoms with E-state index in [0.717, 1.165) is 33.4 Å². The van der Waals surface area contributed by atoms with E-state index in [2.05, 4.69) is 12.2 Å². The van der Waals surface area contributed by atoms with Gasteiger partial charge in [0, 0.05) is 50.4 Å². The minimum Gasteiger partial charge on any atom is -0.217 e. The zero-order chi connectivity index (χ0) is 26.2. The third kappa shape index (κ3) is 3.60. The minimum atomic E-state index is -0.0384. The maximum Gasteiger partial charge on any atom is 0.164 e. The van der Waals surface area contributed by atoms with Gasteiger partial charge in [0.25, 0.3) is 0 Å². The summed E-state index contributed by atoms with van der Waals surface area (Å²) >= 11 is 0. The quantitative estimate of drug-likeness (QED) is 0.343. The number of aliphatic imine (C=N–C) groups is 8. The van der Waals surface area contributed by atoms with E-state index in [4.69, 9.17) is 39.9 Å². The van der Waals surface area contributed by atoms with Gasteiger partial charge in [-0.1, -0.05) is 97.1 Å². The van der Waals surface area contributed by atoms with Crippen LogP contribution in [0, 0.1) is 11.8 Å². The van der Waals surface area contributed by atoms with Gasteiger partial charge >= 0.3 is 0 Å². The van der Waals surface area contributed by atoms with Gasteiger partial charge in [-0.05, 0) is 0 Å². The van der Waals surface area contributed by atoms with Crippen LogP contribution in [0.1, 0.15) is 33.4 Å². The molecule has 0 aromatic heterocycles. The third-order valence-corrected chi connectivity index (χ3v) is 7.69. The standard InChI is InChI=1S/C32H18N8.Cu/c1-2-10-18-17(9-1)25-33-26(18)38-28-21-13-5-6-14-22(21)30(35-28)40-32-24-16-8-7-15-23(24)31(36-32)39-29-20-12-4-3-11-19(20)27(34-29)37-25;/h1-18H;. The number of benzene rings is 3. The monoisotopic (exact) mass is 577 g/mol. The summed E-state index contributed by atoms with van der Waals surface area (Å²) in [5.41, 5.74) is 5.45. The topological polar surface area (TPSA) is 98.9 Å². The Bertz CT molecular complexity index is 2020. The molecule has 0 fully saturated rings. The Morgan fingerprint density at radius 1 is 0.341 bits per heavy atom. The van der Waals surface area contributed by atoms with E-state index in [0.29, 0.717) is 46.7 Å². The molecule has 3 aromatic carbocycles. The fraction of sp³-hybridized carbons (Fsp3) is 0.0625. The molecular weight excluding hydrogens is 560 g/mol. The molecule has 0 N–H and O–H groups in total. The van der Waals surface area contributed by atoms with Crippen LogP contribution in [0.5, 0.6) is 0 Å². The summed E-state index contributed by atoms with van der Waals surface area (Å²) in [7, 11) is 0. The molecule has 9 heteroatoms. The molecular formula is C32H18CuN8. The van der Waals surface area contributed by atoms with Gasteiger partial charge in [0.1, 0.15) is 11.7 Å². The fourth-order valence-electron chi connectivity index (χ4n) is 5.78. The van der Waals surface area contributed by atoms with Crippen molar-refractivity contribution in [1.82, 2.24) is 0 Å². The molecule has 5 aliphatic heterocycles. The van der Waals surface area contributed by atoms with Gasteiger partial charge in [-0.2, -0.15) is 0 Å². The molecule has 1 aliphatic carbocycles. The molecule has 0 saturated carbocycles. The zero-order valence-electron chi connectivity index (χ0n) is 21.3. The average molecular weight is 578 g/mol. The number of hydrogen-bond donors (Lipinski definition) is 0. The predicted octanol–water partition coefficient (Wildman–Crippen LogP) is 4.79. The Hall–Kier alpha value is -4.98. The Morgan fingerprint density at radius 3 is 1.00 bits per heavy atom. The van der Waals surface area contributed by atoms with Crippen molar-refractivity contribution in [3.63, 3.8) is 0 Å². The summed E-state index contributed by atoms with van der Waals surface area (Å²) < 4.78 is 0. The summed E-state index contributed by atoms with van der Waals surface area (Å²) in [6.07, 6.45) is 8.31. The molecule has 8 nitrogen and oxygen atoms in total. The summed E-state index contributed by atoms with van der Waals surface area (Å²) in [4.78, 5) is 39.5. The Labute approximate surface area is 245 Å². The maximum atomic E-state index is 5.01. The van der Waals surface area contributed by atoms with Crippen LogP contribution in [0.4, 0.5) is 0 Å². The van der Waals surface area contributed by atoms with Crippen LogP contribution in [0.3, 0.4) is 0 Å². The largest absolute Gasteiger partial charge is 0.217 e. The predicted molar refractivity (Wildman–Crippen MR) is 159 cm³/mol. The van der Waals surface area contributed by atoms with Gasteiger partial charge in [-0.15, -0.1) is 0 Å². The molecule has 5 heterocycles. The van der Waals surface area contributed by atoms with E-state index in [9.17, 15) is 0 Å². The van der Waals surface area contributed by atoms with Crippen LogP contribution in [0.25, 0.3) is 0 Å². The molecule has 197 valence electrons. The van der Waals surface area contributed by atoms with Crippen molar-refractivity contribution >= 4 is 46.7 Å². The SMILES string of the molecule is C1=CC2C3=NC4=NC(=NC5=NC(=NC6=NC(=NC(=N3)C2C=C1)c1ccccc16)c1ccccc15)c1ccccc14.[Cu]. The molecule has 2 unspecified atom stereocenters. The first kappa shape index (κ1) is 23.9. The molecule has 0 amide bonds. The first-order chi connectivity index (χ1) is 19.8. The van der Waals surface area contributed by atoms with Crippen LogP contribution >= 0.6 is 0 Å². The number of fused-ring (bicyclic) bond motifs is 16. The summed E-state index contributed by atoms with van der Waals surface area (Å²) in [5.74, 6) is 4.70. The first-order valence-corrected chi connectivity index (χ1v) is 13.1. The van der Waals surface area contributed by atoms with Crippen molar-refractivity contribution in [3.05, 3.63) is 130 Å². The fourth-order valence-corrected chi connectivity index (χ4v) is 5.78. The van der Waals surface area contributed by atoms with Gasteiger partial charge in [-0.3, -0.25) is 0 Å². The third-order valence-electron chi connectivity index (χ3n) is 7.69. The smallest absolute Gasteiger partial charge is 0.164 e. The van der Waals surface area contributed by atoms with Gasteiger partial charge in [0.2, 0.25) is 0 Å². The van der Waals surface area contributed by atoms with Crippen LogP contribution < -0.4 is 0 Å². The van der Waals surface area contributed by atoms with Gasteiger partial charge in [0.05, 0.1) is 11.8 Å².